The largest absolute Gasteiger partial charge is 0.396 e. The second kappa shape index (κ2) is 15.9. The number of rotatable bonds is 12. The molecule has 150 valence electrons. The first-order valence-corrected chi connectivity index (χ1v) is 11.3. The summed E-state index contributed by atoms with van der Waals surface area (Å²) in [6.45, 7) is 11.8. The van der Waals surface area contributed by atoms with Crippen molar-refractivity contribution in [1.29, 1.82) is 0 Å². The molecule has 1 fully saturated rings. The van der Waals surface area contributed by atoms with Crippen molar-refractivity contribution in [2.45, 2.75) is 118 Å². The van der Waals surface area contributed by atoms with E-state index in [9.17, 15) is 0 Å². The summed E-state index contributed by atoms with van der Waals surface area (Å²) in [4.78, 5) is 0. The molecule has 0 radical (unpaired) electrons. The zero-order valence-corrected chi connectivity index (χ0v) is 18.2. The number of aliphatic hydroxyl groups is 1. The van der Waals surface area contributed by atoms with Crippen LogP contribution in [0.2, 0.25) is 0 Å². The smallest absolute Gasteiger partial charge is 0.0433 e. The second-order valence-corrected chi connectivity index (χ2v) is 8.50. The van der Waals surface area contributed by atoms with E-state index in [2.05, 4.69) is 32.9 Å². The number of hydrogen-bond acceptors (Lipinski definition) is 1. The Morgan fingerprint density at radius 3 is 2.04 bits per heavy atom. The van der Waals surface area contributed by atoms with Crippen LogP contribution in [0.15, 0.2) is 12.2 Å². The highest BCUT2D eigenvalue weighted by atomic mass is 16.2. The minimum atomic E-state index is 0.321. The molecule has 1 rings (SSSR count). The van der Waals surface area contributed by atoms with Crippen molar-refractivity contribution in [2.24, 2.45) is 17.3 Å². The Morgan fingerprint density at radius 2 is 1.44 bits per heavy atom. The van der Waals surface area contributed by atoms with E-state index in [0.29, 0.717) is 12.0 Å². The molecule has 2 atom stereocenters. The van der Waals surface area contributed by atoms with Crippen molar-refractivity contribution >= 4 is 0 Å². The fraction of sp³-hybridized carbons (Fsp3) is 0.917. The quantitative estimate of drug-likeness (QED) is 0.279. The molecule has 1 aliphatic carbocycles. The molecule has 1 saturated carbocycles. The Hall–Kier alpha value is -0.300. The molecular formula is C24H48O. The summed E-state index contributed by atoms with van der Waals surface area (Å²) in [6.07, 6.45) is 21.9. The molecule has 0 spiro atoms. The average molecular weight is 353 g/mol. The van der Waals surface area contributed by atoms with Crippen LogP contribution in [0, 0.1) is 17.3 Å². The van der Waals surface area contributed by atoms with E-state index in [4.69, 9.17) is 5.11 Å². The van der Waals surface area contributed by atoms with Gasteiger partial charge in [-0.1, -0.05) is 91.7 Å². The SMILES string of the molecule is CC.CC1CCCC(C)(C)C1CCCCCCCC/C=C/CCCO. The fourth-order valence-corrected chi connectivity index (χ4v) is 4.49. The van der Waals surface area contributed by atoms with Crippen LogP contribution in [0.3, 0.4) is 0 Å². The van der Waals surface area contributed by atoms with E-state index in [1.807, 2.05) is 13.8 Å². The van der Waals surface area contributed by atoms with Gasteiger partial charge < -0.3 is 5.11 Å². The zero-order valence-electron chi connectivity index (χ0n) is 18.2. The van der Waals surface area contributed by atoms with Gasteiger partial charge >= 0.3 is 0 Å². The van der Waals surface area contributed by atoms with E-state index in [-0.39, 0.29) is 0 Å². The third-order valence-electron chi connectivity index (χ3n) is 6.00. The Balaban J connectivity index is 0.00000277. The number of aliphatic hydroxyl groups excluding tert-OH is 1. The van der Waals surface area contributed by atoms with Gasteiger partial charge in [0.2, 0.25) is 0 Å². The van der Waals surface area contributed by atoms with Gasteiger partial charge in [0.25, 0.3) is 0 Å². The van der Waals surface area contributed by atoms with Gasteiger partial charge in [-0.25, -0.2) is 0 Å². The van der Waals surface area contributed by atoms with E-state index in [1.54, 1.807) is 0 Å². The Bertz CT molecular complexity index is 305. The highest BCUT2D eigenvalue weighted by molar-refractivity contribution is 4.86. The zero-order chi connectivity index (χ0) is 19.0. The van der Waals surface area contributed by atoms with Crippen LogP contribution in [-0.2, 0) is 0 Å². The summed E-state index contributed by atoms with van der Waals surface area (Å²) in [5.41, 5.74) is 0.583. The van der Waals surface area contributed by atoms with E-state index in [1.165, 1.54) is 70.6 Å². The van der Waals surface area contributed by atoms with Crippen molar-refractivity contribution in [3.63, 3.8) is 0 Å². The fourth-order valence-electron chi connectivity index (χ4n) is 4.49. The summed E-state index contributed by atoms with van der Waals surface area (Å²) >= 11 is 0. The second-order valence-electron chi connectivity index (χ2n) is 8.50. The minimum absolute atomic E-state index is 0.321. The predicted octanol–water partition coefficient (Wildman–Crippen LogP) is 7.92. The first-order valence-electron chi connectivity index (χ1n) is 11.3. The molecule has 0 saturated heterocycles. The van der Waals surface area contributed by atoms with Gasteiger partial charge in [-0.3, -0.25) is 0 Å². The summed E-state index contributed by atoms with van der Waals surface area (Å²) in [6, 6.07) is 0. The molecule has 0 aromatic carbocycles. The van der Waals surface area contributed by atoms with Crippen molar-refractivity contribution < 1.29 is 5.11 Å². The lowest BCUT2D eigenvalue weighted by Crippen LogP contribution is -2.33. The Kier molecular flexibility index (Phi) is 15.7. The number of unbranched alkanes of at least 4 members (excludes halogenated alkanes) is 7. The highest BCUT2D eigenvalue weighted by Gasteiger charge is 2.35. The van der Waals surface area contributed by atoms with Gasteiger partial charge in [0.05, 0.1) is 0 Å². The first kappa shape index (κ1) is 24.7. The molecule has 0 aromatic rings. The van der Waals surface area contributed by atoms with Crippen LogP contribution < -0.4 is 0 Å². The third-order valence-corrected chi connectivity index (χ3v) is 6.00. The number of allylic oxidation sites excluding steroid dienone is 2. The van der Waals surface area contributed by atoms with E-state index in [0.717, 1.165) is 24.7 Å². The van der Waals surface area contributed by atoms with Gasteiger partial charge in [-0.15, -0.1) is 0 Å². The van der Waals surface area contributed by atoms with Crippen molar-refractivity contribution in [3.8, 4) is 0 Å². The van der Waals surface area contributed by atoms with Crippen LogP contribution in [0.25, 0.3) is 0 Å². The Morgan fingerprint density at radius 1 is 0.880 bits per heavy atom. The van der Waals surface area contributed by atoms with Crippen LogP contribution in [-0.4, -0.2) is 11.7 Å². The lowest BCUT2D eigenvalue weighted by Gasteiger charge is -2.43. The average Bonchev–Trinajstić information content (AvgIpc) is 2.59. The molecule has 1 N–H and O–H groups in total. The van der Waals surface area contributed by atoms with Gasteiger partial charge in [0, 0.05) is 6.61 Å². The molecule has 0 aliphatic heterocycles. The molecular weight excluding hydrogens is 304 g/mol. The maximum Gasteiger partial charge on any atom is 0.0433 e. The highest BCUT2D eigenvalue weighted by Crippen LogP contribution is 2.46. The summed E-state index contributed by atoms with van der Waals surface area (Å²) in [7, 11) is 0. The lowest BCUT2D eigenvalue weighted by molar-refractivity contribution is 0.0740. The van der Waals surface area contributed by atoms with E-state index >= 15 is 0 Å². The lowest BCUT2D eigenvalue weighted by atomic mass is 9.62. The molecule has 2 unspecified atom stereocenters. The van der Waals surface area contributed by atoms with Gasteiger partial charge in [0.15, 0.2) is 0 Å². The summed E-state index contributed by atoms with van der Waals surface area (Å²) in [5.74, 6) is 1.90. The maximum atomic E-state index is 8.70. The summed E-state index contributed by atoms with van der Waals surface area (Å²) < 4.78 is 0. The standard InChI is InChI=1S/C22H42O.C2H6/c1-20-16-15-18-22(2,3)21(20)17-13-11-9-7-5-4-6-8-10-12-14-19-23;1-2/h8,10,20-21,23H,4-7,9,11-19H2,1-3H3;1-2H3/b10-8+;. The van der Waals surface area contributed by atoms with Gasteiger partial charge in [-0.05, 0) is 55.8 Å². The normalized spacial score (nSPS) is 22.6. The molecule has 0 amide bonds. The molecule has 25 heavy (non-hydrogen) atoms. The van der Waals surface area contributed by atoms with E-state index < -0.39 is 0 Å². The maximum absolute atomic E-state index is 8.70. The molecule has 0 bridgehead atoms. The molecule has 0 heterocycles. The van der Waals surface area contributed by atoms with Crippen molar-refractivity contribution in [3.05, 3.63) is 12.2 Å². The molecule has 1 nitrogen and oxygen atoms in total. The van der Waals surface area contributed by atoms with Gasteiger partial charge in [-0.2, -0.15) is 0 Å². The van der Waals surface area contributed by atoms with Crippen molar-refractivity contribution in [2.75, 3.05) is 6.61 Å². The predicted molar refractivity (Wildman–Crippen MR) is 114 cm³/mol. The number of hydrogen-bond donors (Lipinski definition) is 1. The Labute approximate surface area is 159 Å². The minimum Gasteiger partial charge on any atom is -0.396 e. The van der Waals surface area contributed by atoms with Crippen LogP contribution in [0.4, 0.5) is 0 Å². The molecule has 1 aliphatic rings. The first-order chi connectivity index (χ1) is 12.1. The topological polar surface area (TPSA) is 20.2 Å². The van der Waals surface area contributed by atoms with Crippen LogP contribution in [0.5, 0.6) is 0 Å². The van der Waals surface area contributed by atoms with Gasteiger partial charge in [0.1, 0.15) is 0 Å². The monoisotopic (exact) mass is 352 g/mol. The third kappa shape index (κ3) is 11.8. The van der Waals surface area contributed by atoms with Crippen LogP contribution in [0.1, 0.15) is 118 Å². The van der Waals surface area contributed by atoms with Crippen molar-refractivity contribution in [1.82, 2.24) is 0 Å². The molecule has 1 heteroatoms. The molecule has 0 aromatic heterocycles. The summed E-state index contributed by atoms with van der Waals surface area (Å²) in [5, 5.41) is 8.70. The van der Waals surface area contributed by atoms with Crippen LogP contribution >= 0.6 is 0 Å².